The van der Waals surface area contributed by atoms with Crippen molar-refractivity contribution in [3.05, 3.63) is 65.2 Å². The van der Waals surface area contributed by atoms with E-state index >= 15 is 0 Å². The Balaban J connectivity index is 1.91. The van der Waals surface area contributed by atoms with Crippen molar-refractivity contribution in [1.82, 2.24) is 5.32 Å². The molecule has 0 saturated carbocycles. The molecule has 4 heteroatoms. The van der Waals surface area contributed by atoms with Crippen molar-refractivity contribution in [3.8, 4) is 5.75 Å². The summed E-state index contributed by atoms with van der Waals surface area (Å²) in [5.41, 5.74) is 2.68. The lowest BCUT2D eigenvalue weighted by atomic mass is 10.0. The van der Waals surface area contributed by atoms with Crippen LogP contribution in [0.25, 0.3) is 0 Å². The van der Waals surface area contributed by atoms with Crippen LogP contribution in [0.2, 0.25) is 0 Å². The van der Waals surface area contributed by atoms with Crippen LogP contribution in [0.15, 0.2) is 48.5 Å². The molecule has 22 heavy (non-hydrogen) atoms. The number of hydrogen-bond acceptors (Lipinski definition) is 4. The highest BCUT2D eigenvalue weighted by Crippen LogP contribution is 2.16. The minimum Gasteiger partial charge on any atom is -0.497 e. The highest BCUT2D eigenvalue weighted by atomic mass is 16.5. The lowest BCUT2D eigenvalue weighted by Gasteiger charge is -2.17. The van der Waals surface area contributed by atoms with Gasteiger partial charge in [0.05, 0.1) is 7.11 Å². The van der Waals surface area contributed by atoms with Gasteiger partial charge in [0.25, 0.3) is 0 Å². The molecule has 2 rings (SSSR count). The number of nitrogens with one attached hydrogen (secondary N) is 1. The molecule has 1 atom stereocenters. The molecule has 118 valence electrons. The molecule has 0 amide bonds. The SMILES string of the molecule is COc1ccc(CC(C)NCc2ccccc2C(O)O)cc1. The largest absolute Gasteiger partial charge is 0.497 e. The molecule has 0 aliphatic heterocycles. The normalized spacial score (nSPS) is 12.4. The van der Waals surface area contributed by atoms with Gasteiger partial charge in [-0.2, -0.15) is 0 Å². The Kier molecular flexibility index (Phi) is 5.95. The van der Waals surface area contributed by atoms with E-state index in [1.165, 1.54) is 5.56 Å². The molecule has 0 radical (unpaired) electrons. The van der Waals surface area contributed by atoms with Crippen LogP contribution in [0.4, 0.5) is 0 Å². The van der Waals surface area contributed by atoms with E-state index in [9.17, 15) is 10.2 Å². The van der Waals surface area contributed by atoms with E-state index in [0.29, 0.717) is 12.1 Å². The van der Waals surface area contributed by atoms with Gasteiger partial charge in [-0.1, -0.05) is 36.4 Å². The first-order valence-electron chi connectivity index (χ1n) is 7.40. The molecule has 3 N–H and O–H groups in total. The van der Waals surface area contributed by atoms with Crippen LogP contribution in [0.1, 0.15) is 29.9 Å². The Morgan fingerprint density at radius 3 is 2.36 bits per heavy atom. The number of aliphatic hydroxyl groups is 2. The first-order chi connectivity index (χ1) is 10.6. The average Bonchev–Trinajstić information content (AvgIpc) is 2.54. The van der Waals surface area contributed by atoms with Crippen molar-refractivity contribution >= 4 is 0 Å². The average molecular weight is 301 g/mol. The lowest BCUT2D eigenvalue weighted by molar-refractivity contribution is -0.0431. The summed E-state index contributed by atoms with van der Waals surface area (Å²) in [5, 5.41) is 22.2. The summed E-state index contributed by atoms with van der Waals surface area (Å²) < 4.78 is 5.15. The van der Waals surface area contributed by atoms with E-state index in [4.69, 9.17) is 4.74 Å². The van der Waals surface area contributed by atoms with Crippen molar-refractivity contribution in [2.24, 2.45) is 0 Å². The van der Waals surface area contributed by atoms with Gasteiger partial charge in [0.1, 0.15) is 5.75 Å². The van der Waals surface area contributed by atoms with Crippen molar-refractivity contribution in [1.29, 1.82) is 0 Å². The number of ether oxygens (including phenoxy) is 1. The summed E-state index contributed by atoms with van der Waals surface area (Å²) in [5.74, 6) is 0.857. The van der Waals surface area contributed by atoms with E-state index in [0.717, 1.165) is 17.7 Å². The van der Waals surface area contributed by atoms with Gasteiger partial charge in [-0.05, 0) is 36.6 Å². The fourth-order valence-electron chi connectivity index (χ4n) is 2.42. The van der Waals surface area contributed by atoms with Gasteiger partial charge in [-0.25, -0.2) is 0 Å². The molecular formula is C18H23NO3. The highest BCUT2D eigenvalue weighted by Gasteiger charge is 2.10. The smallest absolute Gasteiger partial charge is 0.178 e. The molecule has 2 aromatic carbocycles. The Morgan fingerprint density at radius 1 is 1.05 bits per heavy atom. The van der Waals surface area contributed by atoms with Gasteiger partial charge in [-0.15, -0.1) is 0 Å². The van der Waals surface area contributed by atoms with Crippen molar-refractivity contribution in [3.63, 3.8) is 0 Å². The maximum absolute atomic E-state index is 9.37. The van der Waals surface area contributed by atoms with E-state index in [1.54, 1.807) is 19.2 Å². The molecule has 0 bridgehead atoms. The van der Waals surface area contributed by atoms with Crippen LogP contribution in [0.5, 0.6) is 5.75 Å². The predicted octanol–water partition coefficient (Wildman–Crippen LogP) is 2.40. The van der Waals surface area contributed by atoms with Crippen LogP contribution >= 0.6 is 0 Å². The molecule has 4 nitrogen and oxygen atoms in total. The topological polar surface area (TPSA) is 61.7 Å². The maximum Gasteiger partial charge on any atom is 0.178 e. The van der Waals surface area contributed by atoms with E-state index in [2.05, 4.69) is 24.4 Å². The minimum atomic E-state index is -1.44. The van der Waals surface area contributed by atoms with Crippen molar-refractivity contribution in [2.45, 2.75) is 32.2 Å². The molecule has 0 spiro atoms. The Morgan fingerprint density at radius 2 is 1.73 bits per heavy atom. The standard InChI is InChI=1S/C18H23NO3/c1-13(11-14-7-9-16(22-2)10-8-14)19-12-15-5-3-4-6-17(15)18(20)21/h3-10,13,18-21H,11-12H2,1-2H3. The zero-order valence-corrected chi connectivity index (χ0v) is 13.0. The quantitative estimate of drug-likeness (QED) is 0.687. The maximum atomic E-state index is 9.37. The number of methoxy groups -OCH3 is 1. The lowest BCUT2D eigenvalue weighted by Crippen LogP contribution is -2.28. The summed E-state index contributed by atoms with van der Waals surface area (Å²) in [4.78, 5) is 0. The molecule has 0 aliphatic carbocycles. The van der Waals surface area contributed by atoms with Crippen LogP contribution in [0.3, 0.4) is 0 Å². The van der Waals surface area contributed by atoms with Gasteiger partial charge in [0.2, 0.25) is 0 Å². The number of benzene rings is 2. The molecule has 1 unspecified atom stereocenters. The predicted molar refractivity (Wildman–Crippen MR) is 86.6 cm³/mol. The van der Waals surface area contributed by atoms with E-state index in [1.807, 2.05) is 24.3 Å². The third kappa shape index (κ3) is 4.56. The molecule has 0 saturated heterocycles. The van der Waals surface area contributed by atoms with Crippen LogP contribution in [-0.4, -0.2) is 23.4 Å². The van der Waals surface area contributed by atoms with Gasteiger partial charge < -0.3 is 20.3 Å². The van der Waals surface area contributed by atoms with Gasteiger partial charge >= 0.3 is 0 Å². The Hall–Kier alpha value is -1.88. The third-order valence-electron chi connectivity index (χ3n) is 3.68. The number of rotatable bonds is 7. The Labute approximate surface area is 131 Å². The molecule has 0 aliphatic rings. The van der Waals surface area contributed by atoms with Crippen LogP contribution < -0.4 is 10.1 Å². The molecule has 0 heterocycles. The second-order valence-corrected chi connectivity index (χ2v) is 5.41. The van der Waals surface area contributed by atoms with Crippen molar-refractivity contribution in [2.75, 3.05) is 7.11 Å². The summed E-state index contributed by atoms with van der Waals surface area (Å²) in [6.45, 7) is 2.72. The second-order valence-electron chi connectivity index (χ2n) is 5.41. The Bertz CT molecular complexity index is 581. The van der Waals surface area contributed by atoms with Crippen LogP contribution in [0, 0.1) is 0 Å². The summed E-state index contributed by atoms with van der Waals surface area (Å²) in [7, 11) is 1.66. The fraction of sp³-hybridized carbons (Fsp3) is 0.333. The van der Waals surface area contributed by atoms with Gasteiger partial charge in [-0.3, -0.25) is 0 Å². The third-order valence-corrected chi connectivity index (χ3v) is 3.68. The zero-order valence-electron chi connectivity index (χ0n) is 13.0. The van der Waals surface area contributed by atoms with Crippen molar-refractivity contribution < 1.29 is 14.9 Å². The van der Waals surface area contributed by atoms with E-state index in [-0.39, 0.29) is 6.04 Å². The highest BCUT2D eigenvalue weighted by molar-refractivity contribution is 5.29. The minimum absolute atomic E-state index is 0.275. The molecule has 2 aromatic rings. The number of hydrogen-bond donors (Lipinski definition) is 3. The van der Waals surface area contributed by atoms with Gasteiger partial charge in [0.15, 0.2) is 6.29 Å². The second kappa shape index (κ2) is 7.94. The molecule has 0 aromatic heterocycles. The van der Waals surface area contributed by atoms with E-state index < -0.39 is 6.29 Å². The number of aliphatic hydroxyl groups excluding tert-OH is 1. The van der Waals surface area contributed by atoms with Crippen LogP contribution in [-0.2, 0) is 13.0 Å². The first kappa shape index (κ1) is 16.5. The van der Waals surface area contributed by atoms with Gasteiger partial charge in [0, 0.05) is 18.2 Å². The molecule has 0 fully saturated rings. The first-order valence-corrected chi connectivity index (χ1v) is 7.40. The summed E-state index contributed by atoms with van der Waals surface area (Å²) in [6.07, 6.45) is -0.539. The molecular weight excluding hydrogens is 278 g/mol. The fourth-order valence-corrected chi connectivity index (χ4v) is 2.42. The summed E-state index contributed by atoms with van der Waals surface area (Å²) >= 11 is 0. The summed E-state index contributed by atoms with van der Waals surface area (Å²) in [6, 6.07) is 15.6. The zero-order chi connectivity index (χ0) is 15.9. The monoisotopic (exact) mass is 301 g/mol.